The van der Waals surface area contributed by atoms with E-state index in [-0.39, 0.29) is 35.1 Å². The molecule has 1 saturated carbocycles. The third-order valence-electron chi connectivity index (χ3n) is 8.10. The second kappa shape index (κ2) is 12.1. The van der Waals surface area contributed by atoms with E-state index < -0.39 is 6.04 Å². The average Bonchev–Trinajstić information content (AvgIpc) is 2.99. The maximum Gasteiger partial charge on any atom is 0.259 e. The normalized spacial score (nSPS) is 18.4. The lowest BCUT2D eigenvalue weighted by atomic mass is 9.86. The Bertz CT molecular complexity index is 1430. The van der Waals surface area contributed by atoms with Gasteiger partial charge in [-0.3, -0.25) is 14.5 Å². The van der Waals surface area contributed by atoms with E-state index in [1.165, 1.54) is 20.6 Å². The Morgan fingerprint density at radius 2 is 1.61 bits per heavy atom. The number of phenolic OH excluding ortho intramolecular Hbond substituents is 1. The van der Waals surface area contributed by atoms with Gasteiger partial charge in [0.2, 0.25) is 11.7 Å². The van der Waals surface area contributed by atoms with E-state index in [4.69, 9.17) is 9.47 Å². The van der Waals surface area contributed by atoms with Crippen LogP contribution >= 0.6 is 0 Å². The van der Waals surface area contributed by atoms with Crippen molar-refractivity contribution in [3.05, 3.63) is 82.9 Å². The number of amides is 2. The van der Waals surface area contributed by atoms with Crippen LogP contribution in [0.15, 0.2) is 60.7 Å². The highest BCUT2D eigenvalue weighted by Crippen LogP contribution is 2.43. The number of anilines is 1. The number of aromatic hydroxyl groups is 1. The molecule has 2 N–H and O–H groups in total. The minimum atomic E-state index is -0.813. The van der Waals surface area contributed by atoms with E-state index in [0.717, 1.165) is 36.8 Å². The highest BCUT2D eigenvalue weighted by Gasteiger charge is 2.41. The number of nitrogens with zero attached hydrogens (tertiary/aromatic N) is 1. The van der Waals surface area contributed by atoms with Gasteiger partial charge in [-0.15, -0.1) is 0 Å². The zero-order valence-corrected chi connectivity index (χ0v) is 24.1. The third-order valence-corrected chi connectivity index (χ3v) is 8.10. The van der Waals surface area contributed by atoms with Crippen molar-refractivity contribution >= 4 is 29.2 Å². The lowest BCUT2D eigenvalue weighted by Gasteiger charge is -2.38. The van der Waals surface area contributed by atoms with E-state index in [1.807, 2.05) is 48.5 Å². The number of phenols is 1. The van der Waals surface area contributed by atoms with Crippen molar-refractivity contribution in [1.82, 2.24) is 5.32 Å². The summed E-state index contributed by atoms with van der Waals surface area (Å²) in [5, 5.41) is 13.7. The van der Waals surface area contributed by atoms with Crippen molar-refractivity contribution in [3.63, 3.8) is 0 Å². The Balaban J connectivity index is 1.65. The van der Waals surface area contributed by atoms with Gasteiger partial charge in [-0.1, -0.05) is 69.5 Å². The summed E-state index contributed by atoms with van der Waals surface area (Å²) in [5.74, 6) is 0.242. The van der Waals surface area contributed by atoms with Gasteiger partial charge < -0.3 is 19.9 Å². The van der Waals surface area contributed by atoms with Gasteiger partial charge in [0.15, 0.2) is 11.5 Å². The average molecular weight is 555 g/mol. The van der Waals surface area contributed by atoms with Crippen molar-refractivity contribution < 1.29 is 24.2 Å². The first-order valence-electron chi connectivity index (χ1n) is 14.3. The molecular formula is C34H38N2O5. The highest BCUT2D eigenvalue weighted by atomic mass is 16.5. The van der Waals surface area contributed by atoms with Crippen molar-refractivity contribution in [1.29, 1.82) is 0 Å². The molecule has 0 bridgehead atoms. The van der Waals surface area contributed by atoms with Crippen LogP contribution in [0, 0.1) is 0 Å². The third kappa shape index (κ3) is 5.67. The summed E-state index contributed by atoms with van der Waals surface area (Å²) in [4.78, 5) is 30.1. The maximum atomic E-state index is 14.5. The van der Waals surface area contributed by atoms with Gasteiger partial charge in [-0.25, -0.2) is 0 Å². The molecule has 214 valence electrons. The van der Waals surface area contributed by atoms with Crippen molar-refractivity contribution in [2.45, 2.75) is 64.0 Å². The first kappa shape index (κ1) is 28.3. The molecule has 1 atom stereocenters. The summed E-state index contributed by atoms with van der Waals surface area (Å²) in [7, 11) is 2.93. The molecule has 2 aliphatic rings. The van der Waals surface area contributed by atoms with Crippen LogP contribution in [-0.2, 0) is 9.59 Å². The van der Waals surface area contributed by atoms with Gasteiger partial charge in [0.05, 0.1) is 14.2 Å². The molecule has 7 nitrogen and oxygen atoms in total. The van der Waals surface area contributed by atoms with E-state index in [2.05, 4.69) is 19.2 Å². The standard InChI is InChI=1S/C34H38N2O5/c1-21(2)23-14-16-25(17-15-23)36-31(33(38)35-24-10-6-5-7-11-24)27-13-9-8-12-26(27)28(34(36)39)18-22-19-29(40-3)32(37)30(20-22)41-4/h8-9,12-21,24,31,37H,5-7,10-11H2,1-4H3,(H,35,38)/b28-18+. The summed E-state index contributed by atoms with van der Waals surface area (Å²) >= 11 is 0. The molecule has 41 heavy (non-hydrogen) atoms. The van der Waals surface area contributed by atoms with E-state index in [9.17, 15) is 14.7 Å². The second-order valence-corrected chi connectivity index (χ2v) is 11.1. The number of hydrogen-bond acceptors (Lipinski definition) is 5. The van der Waals surface area contributed by atoms with Crippen LogP contribution in [0.4, 0.5) is 5.69 Å². The van der Waals surface area contributed by atoms with Crippen molar-refractivity contribution in [2.75, 3.05) is 19.1 Å². The Labute approximate surface area is 241 Å². The fraction of sp³-hybridized carbons (Fsp3) is 0.353. The topological polar surface area (TPSA) is 88.1 Å². The molecule has 3 aromatic carbocycles. The largest absolute Gasteiger partial charge is 0.502 e. The summed E-state index contributed by atoms with van der Waals surface area (Å²) < 4.78 is 10.7. The first-order chi connectivity index (χ1) is 19.8. The quantitative estimate of drug-likeness (QED) is 0.321. The predicted molar refractivity (Wildman–Crippen MR) is 161 cm³/mol. The van der Waals surface area contributed by atoms with Crippen LogP contribution in [0.25, 0.3) is 11.6 Å². The molecule has 3 aromatic rings. The molecule has 5 rings (SSSR count). The Kier molecular flexibility index (Phi) is 8.34. The number of carbonyl (C=O) groups is 2. The number of benzene rings is 3. The number of fused-ring (bicyclic) bond motifs is 1. The number of carbonyl (C=O) groups excluding carboxylic acids is 2. The number of hydrogen-bond donors (Lipinski definition) is 2. The van der Waals surface area contributed by atoms with Crippen LogP contribution < -0.4 is 19.7 Å². The van der Waals surface area contributed by atoms with E-state index in [0.29, 0.717) is 28.3 Å². The zero-order chi connectivity index (χ0) is 29.1. The minimum absolute atomic E-state index is 0.109. The van der Waals surface area contributed by atoms with Crippen LogP contribution in [0.2, 0.25) is 0 Å². The molecule has 0 radical (unpaired) electrons. The first-order valence-corrected chi connectivity index (χ1v) is 14.3. The Hall–Kier alpha value is -4.26. The zero-order valence-electron chi connectivity index (χ0n) is 24.1. The molecule has 7 heteroatoms. The number of ether oxygens (including phenoxy) is 2. The summed E-state index contributed by atoms with van der Waals surface area (Å²) in [6, 6.07) is 18.1. The molecular weight excluding hydrogens is 516 g/mol. The lowest BCUT2D eigenvalue weighted by molar-refractivity contribution is -0.126. The fourth-order valence-corrected chi connectivity index (χ4v) is 5.86. The van der Waals surface area contributed by atoms with Crippen molar-refractivity contribution in [3.8, 4) is 17.2 Å². The van der Waals surface area contributed by atoms with Gasteiger partial charge >= 0.3 is 0 Å². The smallest absolute Gasteiger partial charge is 0.259 e. The van der Waals surface area contributed by atoms with Crippen LogP contribution in [0.5, 0.6) is 17.2 Å². The predicted octanol–water partition coefficient (Wildman–Crippen LogP) is 6.61. The van der Waals surface area contributed by atoms with Gasteiger partial charge in [0.1, 0.15) is 6.04 Å². The van der Waals surface area contributed by atoms with Gasteiger partial charge in [0.25, 0.3) is 5.91 Å². The SMILES string of the molecule is COc1cc(/C=C2/C(=O)N(c3ccc(C(C)C)cc3)C(C(=O)NC3CCCCC3)c3ccccc32)cc(OC)c1O. The molecule has 1 heterocycles. The van der Waals surface area contributed by atoms with Gasteiger partial charge in [-0.2, -0.15) is 0 Å². The highest BCUT2D eigenvalue weighted by molar-refractivity contribution is 6.33. The molecule has 0 saturated heterocycles. The fourth-order valence-electron chi connectivity index (χ4n) is 5.86. The van der Waals surface area contributed by atoms with Crippen LogP contribution in [0.3, 0.4) is 0 Å². The number of rotatable bonds is 7. The molecule has 0 aromatic heterocycles. The molecule has 1 unspecified atom stereocenters. The summed E-state index contributed by atoms with van der Waals surface area (Å²) in [5.41, 5.74) is 4.32. The Morgan fingerprint density at radius 1 is 0.976 bits per heavy atom. The molecule has 0 spiro atoms. The lowest BCUT2D eigenvalue weighted by Crippen LogP contribution is -2.49. The van der Waals surface area contributed by atoms with Crippen molar-refractivity contribution in [2.24, 2.45) is 0 Å². The second-order valence-electron chi connectivity index (χ2n) is 11.1. The monoisotopic (exact) mass is 554 g/mol. The van der Waals surface area contributed by atoms with Crippen LogP contribution in [-0.4, -0.2) is 37.2 Å². The van der Waals surface area contributed by atoms with Gasteiger partial charge in [0, 0.05) is 17.3 Å². The van der Waals surface area contributed by atoms with Crippen LogP contribution in [0.1, 0.15) is 80.2 Å². The Morgan fingerprint density at radius 3 is 2.22 bits per heavy atom. The minimum Gasteiger partial charge on any atom is -0.502 e. The number of nitrogens with one attached hydrogen (secondary N) is 1. The molecule has 2 amide bonds. The summed E-state index contributed by atoms with van der Waals surface area (Å²) in [6.45, 7) is 4.25. The number of methoxy groups -OCH3 is 2. The van der Waals surface area contributed by atoms with E-state index in [1.54, 1.807) is 23.1 Å². The van der Waals surface area contributed by atoms with E-state index >= 15 is 0 Å². The maximum absolute atomic E-state index is 14.5. The molecule has 1 aliphatic heterocycles. The summed E-state index contributed by atoms with van der Waals surface area (Å²) in [6.07, 6.45) is 7.04. The van der Waals surface area contributed by atoms with Gasteiger partial charge in [-0.05, 0) is 71.4 Å². The molecule has 1 fully saturated rings. The molecule has 1 aliphatic carbocycles.